The molecule has 1 heterocycles. The van der Waals surface area contributed by atoms with Crippen LogP contribution in [-0.4, -0.2) is 29.9 Å². The van der Waals surface area contributed by atoms with Gasteiger partial charge < -0.3 is 10.6 Å². The third-order valence-corrected chi connectivity index (χ3v) is 2.88. The Bertz CT molecular complexity index is 531. The minimum atomic E-state index is -0.155. The molecule has 0 saturated heterocycles. The fraction of sp³-hybridized carbons (Fsp3) is 0.188. The number of benzene rings is 1. The lowest BCUT2D eigenvalue weighted by Gasteiger charge is -2.06. The highest BCUT2D eigenvalue weighted by molar-refractivity contribution is 5.94. The number of aromatic nitrogens is 1. The summed E-state index contributed by atoms with van der Waals surface area (Å²) in [7, 11) is 0. The highest BCUT2D eigenvalue weighted by atomic mass is 16.2. The zero-order valence-electron chi connectivity index (χ0n) is 11.6. The maximum absolute atomic E-state index is 11.8. The third-order valence-electron chi connectivity index (χ3n) is 2.88. The van der Waals surface area contributed by atoms with Crippen LogP contribution >= 0.6 is 0 Å². The molecule has 1 aromatic heterocycles. The molecule has 0 fully saturated rings. The summed E-state index contributed by atoms with van der Waals surface area (Å²) in [6, 6.07) is 12.5. The molecule has 2 rings (SSSR count). The number of hydrogen-bond acceptors (Lipinski definition) is 3. The quantitative estimate of drug-likeness (QED) is 0.792. The minimum absolute atomic E-state index is 0.103. The van der Waals surface area contributed by atoms with E-state index >= 15 is 0 Å². The van der Waals surface area contributed by atoms with Crippen LogP contribution < -0.4 is 10.6 Å². The molecule has 5 heteroatoms. The maximum atomic E-state index is 11.8. The molecule has 0 saturated carbocycles. The van der Waals surface area contributed by atoms with Crippen LogP contribution in [0.25, 0.3) is 0 Å². The van der Waals surface area contributed by atoms with Crippen LogP contribution in [0.4, 0.5) is 0 Å². The van der Waals surface area contributed by atoms with E-state index in [9.17, 15) is 9.59 Å². The molecular weight excluding hydrogens is 266 g/mol. The van der Waals surface area contributed by atoms with Crippen LogP contribution in [0, 0.1) is 0 Å². The molecule has 2 aromatic rings. The molecule has 0 aliphatic rings. The van der Waals surface area contributed by atoms with Gasteiger partial charge in [-0.25, -0.2) is 0 Å². The van der Waals surface area contributed by atoms with Gasteiger partial charge >= 0.3 is 0 Å². The molecule has 5 nitrogen and oxygen atoms in total. The van der Waals surface area contributed by atoms with E-state index in [1.165, 1.54) is 6.20 Å². The van der Waals surface area contributed by atoms with Gasteiger partial charge in [0.05, 0.1) is 5.56 Å². The zero-order valence-corrected chi connectivity index (χ0v) is 11.6. The summed E-state index contributed by atoms with van der Waals surface area (Å²) in [6.07, 6.45) is 3.81. The van der Waals surface area contributed by atoms with E-state index in [1.807, 2.05) is 18.2 Å². The fourth-order valence-electron chi connectivity index (χ4n) is 1.78. The number of amides is 2. The fourth-order valence-corrected chi connectivity index (χ4v) is 1.78. The van der Waals surface area contributed by atoms with Gasteiger partial charge in [-0.15, -0.1) is 0 Å². The van der Waals surface area contributed by atoms with Crippen molar-refractivity contribution in [3.63, 3.8) is 0 Å². The molecule has 21 heavy (non-hydrogen) atoms. The Kier molecular flexibility index (Phi) is 5.46. The Morgan fingerprint density at radius 1 is 0.857 bits per heavy atom. The molecule has 0 aliphatic carbocycles. The van der Waals surface area contributed by atoms with Crippen molar-refractivity contribution in [1.29, 1.82) is 0 Å². The summed E-state index contributed by atoms with van der Waals surface area (Å²) in [5.41, 5.74) is 1.17. The first-order valence-corrected chi connectivity index (χ1v) is 6.79. The van der Waals surface area contributed by atoms with E-state index in [0.29, 0.717) is 30.6 Å². The number of carbonyl (C=O) groups excluding carboxylic acids is 2. The van der Waals surface area contributed by atoms with Crippen molar-refractivity contribution in [2.75, 3.05) is 13.1 Å². The minimum Gasteiger partial charge on any atom is -0.352 e. The Balaban J connectivity index is 1.64. The summed E-state index contributed by atoms with van der Waals surface area (Å²) < 4.78 is 0. The van der Waals surface area contributed by atoms with Gasteiger partial charge in [0.25, 0.3) is 11.8 Å². The second-order valence-corrected chi connectivity index (χ2v) is 4.47. The van der Waals surface area contributed by atoms with E-state index in [0.717, 1.165) is 0 Å². The summed E-state index contributed by atoms with van der Waals surface area (Å²) in [4.78, 5) is 27.4. The van der Waals surface area contributed by atoms with E-state index in [4.69, 9.17) is 0 Å². The SMILES string of the molecule is O=C(NCCCNC(=O)c1cccnc1)c1ccccc1. The second kappa shape index (κ2) is 7.79. The zero-order chi connectivity index (χ0) is 14.9. The largest absolute Gasteiger partial charge is 0.352 e. The lowest BCUT2D eigenvalue weighted by molar-refractivity contribution is 0.0951. The normalized spacial score (nSPS) is 9.90. The van der Waals surface area contributed by atoms with Crippen LogP contribution in [0.3, 0.4) is 0 Å². The molecule has 0 unspecified atom stereocenters. The first-order chi connectivity index (χ1) is 10.3. The van der Waals surface area contributed by atoms with E-state index in [-0.39, 0.29) is 11.8 Å². The first kappa shape index (κ1) is 14.7. The second-order valence-electron chi connectivity index (χ2n) is 4.47. The summed E-state index contributed by atoms with van der Waals surface area (Å²) in [6.45, 7) is 1.02. The summed E-state index contributed by atoms with van der Waals surface area (Å²) in [5, 5.41) is 5.59. The van der Waals surface area contributed by atoms with Crippen molar-refractivity contribution in [3.05, 3.63) is 66.0 Å². The summed E-state index contributed by atoms with van der Waals surface area (Å²) >= 11 is 0. The standard InChI is InChI=1S/C16H17N3O2/c20-15(13-6-2-1-3-7-13)18-10-5-11-19-16(21)14-8-4-9-17-12-14/h1-4,6-9,12H,5,10-11H2,(H,18,20)(H,19,21). The van der Waals surface area contributed by atoms with Crippen molar-refractivity contribution in [2.45, 2.75) is 6.42 Å². The van der Waals surface area contributed by atoms with E-state index < -0.39 is 0 Å². The van der Waals surface area contributed by atoms with Gasteiger partial charge in [0, 0.05) is 31.0 Å². The van der Waals surface area contributed by atoms with Gasteiger partial charge in [-0.2, -0.15) is 0 Å². The highest BCUT2D eigenvalue weighted by Crippen LogP contribution is 1.98. The number of hydrogen-bond donors (Lipinski definition) is 2. The monoisotopic (exact) mass is 283 g/mol. The van der Waals surface area contributed by atoms with Gasteiger partial charge in [0.2, 0.25) is 0 Å². The molecule has 0 spiro atoms. The van der Waals surface area contributed by atoms with Crippen molar-refractivity contribution < 1.29 is 9.59 Å². The van der Waals surface area contributed by atoms with Gasteiger partial charge in [0.15, 0.2) is 0 Å². The smallest absolute Gasteiger partial charge is 0.252 e. The van der Waals surface area contributed by atoms with Crippen LogP contribution in [0.2, 0.25) is 0 Å². The van der Waals surface area contributed by atoms with Crippen molar-refractivity contribution in [3.8, 4) is 0 Å². The molecule has 0 atom stereocenters. The van der Waals surface area contributed by atoms with Crippen molar-refractivity contribution in [1.82, 2.24) is 15.6 Å². The Morgan fingerprint density at radius 2 is 1.48 bits per heavy atom. The van der Waals surface area contributed by atoms with Crippen LogP contribution in [-0.2, 0) is 0 Å². The van der Waals surface area contributed by atoms with Crippen LogP contribution in [0.15, 0.2) is 54.9 Å². The molecule has 1 aromatic carbocycles. The van der Waals surface area contributed by atoms with Crippen LogP contribution in [0.1, 0.15) is 27.1 Å². The molecule has 0 aliphatic heterocycles. The lowest BCUT2D eigenvalue weighted by atomic mass is 10.2. The number of pyridine rings is 1. The van der Waals surface area contributed by atoms with Gasteiger partial charge in [-0.1, -0.05) is 18.2 Å². The van der Waals surface area contributed by atoms with Crippen LogP contribution in [0.5, 0.6) is 0 Å². The topological polar surface area (TPSA) is 71.1 Å². The predicted molar refractivity (Wildman–Crippen MR) is 80.0 cm³/mol. The number of nitrogens with one attached hydrogen (secondary N) is 2. The van der Waals surface area contributed by atoms with Crippen molar-refractivity contribution >= 4 is 11.8 Å². The molecule has 2 amide bonds. The average molecular weight is 283 g/mol. The number of carbonyl (C=O) groups is 2. The molecule has 2 N–H and O–H groups in total. The molecule has 0 bridgehead atoms. The van der Waals surface area contributed by atoms with Gasteiger partial charge in [-0.05, 0) is 30.7 Å². The molecule has 0 radical (unpaired) electrons. The number of nitrogens with zero attached hydrogens (tertiary/aromatic N) is 1. The Morgan fingerprint density at radius 3 is 2.10 bits per heavy atom. The molecular formula is C16H17N3O2. The van der Waals surface area contributed by atoms with Gasteiger partial charge in [-0.3, -0.25) is 14.6 Å². The van der Waals surface area contributed by atoms with Crippen molar-refractivity contribution in [2.24, 2.45) is 0 Å². The van der Waals surface area contributed by atoms with Gasteiger partial charge in [0.1, 0.15) is 0 Å². The maximum Gasteiger partial charge on any atom is 0.252 e. The Labute approximate surface area is 123 Å². The average Bonchev–Trinajstić information content (AvgIpc) is 2.55. The first-order valence-electron chi connectivity index (χ1n) is 6.79. The molecule has 108 valence electrons. The number of rotatable bonds is 6. The predicted octanol–water partition coefficient (Wildman–Crippen LogP) is 1.63. The van der Waals surface area contributed by atoms with E-state index in [2.05, 4.69) is 15.6 Å². The van der Waals surface area contributed by atoms with E-state index in [1.54, 1.807) is 30.5 Å². The highest BCUT2D eigenvalue weighted by Gasteiger charge is 2.05. The summed E-state index contributed by atoms with van der Waals surface area (Å²) in [5.74, 6) is -0.258. The Hall–Kier alpha value is -2.69. The lowest BCUT2D eigenvalue weighted by Crippen LogP contribution is -2.29. The third kappa shape index (κ3) is 4.72.